The number of halogens is 2. The molecule has 19 heavy (non-hydrogen) atoms. The molecule has 0 saturated carbocycles. The number of hydrogen-bond donors (Lipinski definition) is 0. The molecular formula is C15H14Cl2O2. The van der Waals surface area contributed by atoms with Crippen LogP contribution in [0.5, 0.6) is 11.5 Å². The minimum absolute atomic E-state index is 0.380. The van der Waals surface area contributed by atoms with E-state index in [0.717, 1.165) is 16.9 Å². The summed E-state index contributed by atoms with van der Waals surface area (Å²) in [6.45, 7) is 2.40. The summed E-state index contributed by atoms with van der Waals surface area (Å²) in [6.07, 6.45) is 0. The number of benzene rings is 2. The summed E-state index contributed by atoms with van der Waals surface area (Å²) >= 11 is 12.0. The second kappa shape index (κ2) is 6.18. The van der Waals surface area contributed by atoms with E-state index in [9.17, 15) is 0 Å². The average molecular weight is 297 g/mol. The Bertz CT molecular complexity index is 582. The Hall–Kier alpha value is -1.38. The molecule has 0 bridgehead atoms. The molecule has 0 aliphatic carbocycles. The highest BCUT2D eigenvalue weighted by Crippen LogP contribution is 2.29. The highest BCUT2D eigenvalue weighted by atomic mass is 35.5. The molecule has 0 amide bonds. The maximum atomic E-state index is 6.05. The number of methoxy groups -OCH3 is 1. The molecule has 0 radical (unpaired) electrons. The van der Waals surface area contributed by atoms with Gasteiger partial charge in [0, 0.05) is 16.7 Å². The van der Waals surface area contributed by atoms with Crippen molar-refractivity contribution in [1.82, 2.24) is 0 Å². The van der Waals surface area contributed by atoms with Crippen LogP contribution in [0, 0.1) is 6.92 Å². The zero-order valence-electron chi connectivity index (χ0n) is 10.7. The van der Waals surface area contributed by atoms with Gasteiger partial charge in [0.25, 0.3) is 0 Å². The molecule has 0 unspecified atom stereocenters. The fourth-order valence-corrected chi connectivity index (χ4v) is 2.10. The van der Waals surface area contributed by atoms with E-state index in [1.54, 1.807) is 25.3 Å². The van der Waals surface area contributed by atoms with Gasteiger partial charge in [-0.15, -0.1) is 0 Å². The monoisotopic (exact) mass is 296 g/mol. The number of ether oxygens (including phenoxy) is 2. The lowest BCUT2D eigenvalue weighted by atomic mass is 10.1. The smallest absolute Gasteiger partial charge is 0.139 e. The van der Waals surface area contributed by atoms with E-state index in [2.05, 4.69) is 0 Å². The van der Waals surface area contributed by atoms with Gasteiger partial charge in [-0.1, -0.05) is 34.8 Å². The summed E-state index contributed by atoms with van der Waals surface area (Å²) in [4.78, 5) is 0. The summed E-state index contributed by atoms with van der Waals surface area (Å²) < 4.78 is 11.0. The van der Waals surface area contributed by atoms with Gasteiger partial charge in [-0.2, -0.15) is 0 Å². The van der Waals surface area contributed by atoms with Crippen LogP contribution in [0.15, 0.2) is 36.4 Å². The summed E-state index contributed by atoms with van der Waals surface area (Å²) in [6, 6.07) is 11.1. The van der Waals surface area contributed by atoms with Gasteiger partial charge in [0.1, 0.15) is 18.1 Å². The van der Waals surface area contributed by atoms with Crippen LogP contribution in [0.3, 0.4) is 0 Å². The molecule has 0 fully saturated rings. The Morgan fingerprint density at radius 1 is 1.00 bits per heavy atom. The second-order valence-corrected chi connectivity index (χ2v) is 5.02. The van der Waals surface area contributed by atoms with Crippen LogP contribution in [0.4, 0.5) is 0 Å². The summed E-state index contributed by atoms with van der Waals surface area (Å²) in [5.41, 5.74) is 2.12. The first-order chi connectivity index (χ1) is 9.10. The Kier molecular flexibility index (Phi) is 4.56. The third kappa shape index (κ3) is 3.55. The molecule has 100 valence electrons. The average Bonchev–Trinajstić information content (AvgIpc) is 2.40. The van der Waals surface area contributed by atoms with Gasteiger partial charge < -0.3 is 9.47 Å². The molecule has 0 aliphatic heterocycles. The highest BCUT2D eigenvalue weighted by molar-refractivity contribution is 6.34. The molecule has 2 aromatic rings. The van der Waals surface area contributed by atoms with Crippen LogP contribution in [0.2, 0.25) is 10.0 Å². The van der Waals surface area contributed by atoms with Crippen molar-refractivity contribution in [2.45, 2.75) is 13.5 Å². The molecule has 0 aliphatic rings. The quantitative estimate of drug-likeness (QED) is 0.800. The first-order valence-corrected chi connectivity index (χ1v) is 6.57. The molecule has 0 heterocycles. The molecule has 4 heteroatoms. The van der Waals surface area contributed by atoms with E-state index in [0.29, 0.717) is 22.4 Å². The van der Waals surface area contributed by atoms with E-state index in [1.165, 1.54) is 0 Å². The van der Waals surface area contributed by atoms with Crippen LogP contribution >= 0.6 is 23.2 Å². The van der Waals surface area contributed by atoms with E-state index in [1.807, 2.05) is 25.1 Å². The van der Waals surface area contributed by atoms with Crippen molar-refractivity contribution in [3.63, 3.8) is 0 Å². The fraction of sp³-hybridized carbons (Fsp3) is 0.200. The van der Waals surface area contributed by atoms with E-state index >= 15 is 0 Å². The molecule has 0 spiro atoms. The van der Waals surface area contributed by atoms with Crippen molar-refractivity contribution < 1.29 is 9.47 Å². The zero-order valence-corrected chi connectivity index (χ0v) is 12.3. The van der Waals surface area contributed by atoms with E-state index in [-0.39, 0.29) is 0 Å². The molecule has 0 saturated heterocycles. The Morgan fingerprint density at radius 3 is 2.53 bits per heavy atom. The fourth-order valence-electron chi connectivity index (χ4n) is 1.76. The topological polar surface area (TPSA) is 18.5 Å². The molecule has 2 aromatic carbocycles. The number of aryl methyl sites for hydroxylation is 1. The summed E-state index contributed by atoms with van der Waals surface area (Å²) in [5.74, 6) is 1.36. The van der Waals surface area contributed by atoms with Gasteiger partial charge in [0.05, 0.1) is 12.1 Å². The van der Waals surface area contributed by atoms with Gasteiger partial charge in [-0.25, -0.2) is 0 Å². The van der Waals surface area contributed by atoms with Crippen molar-refractivity contribution in [3.8, 4) is 11.5 Å². The lowest BCUT2D eigenvalue weighted by molar-refractivity contribution is 0.297. The Morgan fingerprint density at radius 2 is 1.79 bits per heavy atom. The molecule has 0 aromatic heterocycles. The minimum atomic E-state index is 0.380. The van der Waals surface area contributed by atoms with Gasteiger partial charge in [0.15, 0.2) is 0 Å². The van der Waals surface area contributed by atoms with Gasteiger partial charge in [0.2, 0.25) is 0 Å². The standard InChI is InChI=1S/C15H14Cl2O2/c1-10-3-6-14(18-2)11(7-10)9-19-15-8-12(16)4-5-13(15)17/h3-8H,9H2,1-2H3. The van der Waals surface area contributed by atoms with E-state index in [4.69, 9.17) is 32.7 Å². The van der Waals surface area contributed by atoms with Crippen LogP contribution in [0.1, 0.15) is 11.1 Å². The van der Waals surface area contributed by atoms with E-state index < -0.39 is 0 Å². The zero-order chi connectivity index (χ0) is 13.8. The van der Waals surface area contributed by atoms with Gasteiger partial charge in [-0.3, -0.25) is 0 Å². The SMILES string of the molecule is COc1ccc(C)cc1COc1cc(Cl)ccc1Cl. The second-order valence-electron chi connectivity index (χ2n) is 4.18. The molecule has 0 atom stereocenters. The lowest BCUT2D eigenvalue weighted by Gasteiger charge is -2.12. The van der Waals surface area contributed by atoms with Crippen molar-refractivity contribution in [1.29, 1.82) is 0 Å². The lowest BCUT2D eigenvalue weighted by Crippen LogP contribution is -1.99. The maximum Gasteiger partial charge on any atom is 0.139 e. The van der Waals surface area contributed by atoms with Crippen LogP contribution in [-0.2, 0) is 6.61 Å². The molecule has 0 N–H and O–H groups in total. The first kappa shape index (κ1) is 14.0. The Labute approximate surface area is 122 Å². The third-order valence-electron chi connectivity index (χ3n) is 2.71. The largest absolute Gasteiger partial charge is 0.496 e. The first-order valence-electron chi connectivity index (χ1n) is 5.81. The molecule has 2 rings (SSSR count). The highest BCUT2D eigenvalue weighted by Gasteiger charge is 2.07. The predicted octanol–water partition coefficient (Wildman–Crippen LogP) is 4.89. The maximum absolute atomic E-state index is 6.05. The third-order valence-corrected chi connectivity index (χ3v) is 3.26. The Balaban J connectivity index is 2.18. The van der Waals surface area contributed by atoms with Crippen molar-refractivity contribution in [2.24, 2.45) is 0 Å². The summed E-state index contributed by atoms with van der Waals surface area (Å²) in [5, 5.41) is 1.13. The predicted molar refractivity (Wildman–Crippen MR) is 78.5 cm³/mol. The normalized spacial score (nSPS) is 10.3. The van der Waals surface area contributed by atoms with Crippen molar-refractivity contribution >= 4 is 23.2 Å². The minimum Gasteiger partial charge on any atom is -0.496 e. The van der Waals surface area contributed by atoms with Crippen LogP contribution in [-0.4, -0.2) is 7.11 Å². The van der Waals surface area contributed by atoms with Crippen molar-refractivity contribution in [3.05, 3.63) is 57.6 Å². The molecule has 2 nitrogen and oxygen atoms in total. The van der Waals surface area contributed by atoms with Gasteiger partial charge >= 0.3 is 0 Å². The van der Waals surface area contributed by atoms with Crippen LogP contribution < -0.4 is 9.47 Å². The van der Waals surface area contributed by atoms with Crippen LogP contribution in [0.25, 0.3) is 0 Å². The van der Waals surface area contributed by atoms with Crippen molar-refractivity contribution in [2.75, 3.05) is 7.11 Å². The number of hydrogen-bond acceptors (Lipinski definition) is 2. The number of rotatable bonds is 4. The van der Waals surface area contributed by atoms with Gasteiger partial charge in [-0.05, 0) is 31.2 Å². The molecular weight excluding hydrogens is 283 g/mol. The summed E-state index contributed by atoms with van der Waals surface area (Å²) in [7, 11) is 1.64.